The highest BCUT2D eigenvalue weighted by atomic mass is 16.2. The highest BCUT2D eigenvalue weighted by Crippen LogP contribution is 2.37. The fraction of sp³-hybridized carbons (Fsp3) is 0.562. The zero-order valence-electron chi connectivity index (χ0n) is 11.8. The molecule has 2 aliphatic rings. The number of benzene rings is 1. The lowest BCUT2D eigenvalue weighted by Crippen LogP contribution is -2.44. The van der Waals surface area contributed by atoms with Crippen molar-refractivity contribution in [3.05, 3.63) is 34.4 Å². The third kappa shape index (κ3) is 1.96. The topological polar surface area (TPSA) is 32.3 Å². The number of fused-ring (bicyclic) bond motifs is 3. The summed E-state index contributed by atoms with van der Waals surface area (Å²) in [6.07, 6.45) is 3.14. The van der Waals surface area contributed by atoms with E-state index in [-0.39, 0.29) is 11.9 Å². The molecule has 1 atom stereocenters. The number of hydrogen-bond donors (Lipinski definition) is 1. The lowest BCUT2D eigenvalue weighted by Gasteiger charge is -2.30. The summed E-state index contributed by atoms with van der Waals surface area (Å²) in [5.41, 5.74) is 4.89. The van der Waals surface area contributed by atoms with Crippen molar-refractivity contribution in [2.45, 2.75) is 39.2 Å². The van der Waals surface area contributed by atoms with E-state index in [0.29, 0.717) is 0 Å². The molecule has 0 saturated carbocycles. The zero-order chi connectivity index (χ0) is 13.4. The first-order valence-corrected chi connectivity index (χ1v) is 7.43. The second kappa shape index (κ2) is 4.97. The summed E-state index contributed by atoms with van der Waals surface area (Å²) in [6, 6.07) is 4.76. The number of aryl methyl sites for hydroxylation is 2. The molecule has 3 heteroatoms. The van der Waals surface area contributed by atoms with Crippen LogP contribution in [0.5, 0.6) is 0 Å². The predicted octanol–water partition coefficient (Wildman–Crippen LogP) is 2.30. The van der Waals surface area contributed by atoms with Gasteiger partial charge in [0.1, 0.15) is 0 Å². The van der Waals surface area contributed by atoms with Crippen molar-refractivity contribution in [3.8, 4) is 0 Å². The summed E-state index contributed by atoms with van der Waals surface area (Å²) in [6.45, 7) is 7.02. The van der Waals surface area contributed by atoms with Crippen LogP contribution in [0.4, 0.5) is 0 Å². The van der Waals surface area contributed by atoms with Gasteiger partial charge in [-0.3, -0.25) is 4.79 Å². The highest BCUT2D eigenvalue weighted by molar-refractivity contribution is 6.01. The molecule has 1 N–H and O–H groups in total. The number of hydrogen-bond acceptors (Lipinski definition) is 2. The molecule has 1 aromatic rings. The van der Waals surface area contributed by atoms with Crippen LogP contribution < -0.4 is 5.32 Å². The molecule has 2 heterocycles. The smallest absolute Gasteiger partial charge is 0.255 e. The van der Waals surface area contributed by atoms with Crippen LogP contribution in [0, 0.1) is 0 Å². The van der Waals surface area contributed by atoms with Crippen molar-refractivity contribution in [2.75, 3.05) is 19.6 Å². The molecule has 19 heavy (non-hydrogen) atoms. The quantitative estimate of drug-likeness (QED) is 0.902. The van der Waals surface area contributed by atoms with Gasteiger partial charge < -0.3 is 10.2 Å². The monoisotopic (exact) mass is 258 g/mol. The van der Waals surface area contributed by atoms with Crippen molar-refractivity contribution < 1.29 is 4.79 Å². The summed E-state index contributed by atoms with van der Waals surface area (Å²) in [7, 11) is 0. The Morgan fingerprint density at radius 2 is 2.21 bits per heavy atom. The van der Waals surface area contributed by atoms with Crippen LogP contribution >= 0.6 is 0 Å². The van der Waals surface area contributed by atoms with Crippen molar-refractivity contribution >= 4 is 5.91 Å². The Bertz CT molecular complexity index is 510. The van der Waals surface area contributed by atoms with E-state index in [0.717, 1.165) is 44.5 Å². The van der Waals surface area contributed by atoms with Crippen molar-refractivity contribution in [2.24, 2.45) is 0 Å². The summed E-state index contributed by atoms with van der Waals surface area (Å²) in [4.78, 5) is 14.7. The van der Waals surface area contributed by atoms with Crippen molar-refractivity contribution in [1.29, 1.82) is 0 Å². The molecule has 0 aromatic heterocycles. The first-order valence-electron chi connectivity index (χ1n) is 7.43. The average Bonchev–Trinajstić information content (AvgIpc) is 2.73. The van der Waals surface area contributed by atoms with Crippen LogP contribution in [0.2, 0.25) is 0 Å². The van der Waals surface area contributed by atoms with E-state index in [1.54, 1.807) is 0 Å². The Labute approximate surface area is 115 Å². The van der Waals surface area contributed by atoms with Crippen LogP contribution in [-0.4, -0.2) is 30.4 Å². The molecule has 1 amide bonds. The highest BCUT2D eigenvalue weighted by Gasteiger charge is 2.39. The minimum absolute atomic E-state index is 0.257. The summed E-state index contributed by atoms with van der Waals surface area (Å²) < 4.78 is 0. The van der Waals surface area contributed by atoms with Crippen LogP contribution in [0.25, 0.3) is 0 Å². The molecule has 0 spiro atoms. The Kier molecular flexibility index (Phi) is 3.31. The second-order valence-corrected chi connectivity index (χ2v) is 5.54. The van der Waals surface area contributed by atoms with Crippen molar-refractivity contribution in [3.63, 3.8) is 0 Å². The first kappa shape index (κ1) is 12.7. The maximum atomic E-state index is 12.6. The van der Waals surface area contributed by atoms with Gasteiger partial charge in [0, 0.05) is 25.2 Å². The molecule has 1 aromatic carbocycles. The van der Waals surface area contributed by atoms with E-state index in [1.165, 1.54) is 16.7 Å². The molecule has 3 rings (SSSR count). The Morgan fingerprint density at radius 1 is 1.37 bits per heavy atom. The van der Waals surface area contributed by atoms with E-state index in [9.17, 15) is 4.79 Å². The van der Waals surface area contributed by atoms with Gasteiger partial charge in [0.05, 0.1) is 6.04 Å². The van der Waals surface area contributed by atoms with E-state index in [4.69, 9.17) is 0 Å². The average molecular weight is 258 g/mol. The van der Waals surface area contributed by atoms with E-state index >= 15 is 0 Å². The fourth-order valence-corrected chi connectivity index (χ4v) is 3.36. The second-order valence-electron chi connectivity index (χ2n) is 5.54. The molecule has 0 radical (unpaired) electrons. The van der Waals surface area contributed by atoms with Gasteiger partial charge in [0.15, 0.2) is 0 Å². The number of amides is 1. The number of carbonyl (C=O) groups excluding carboxylic acids is 1. The molecular formula is C16H22N2O. The summed E-state index contributed by atoms with van der Waals surface area (Å²) in [5.74, 6) is 0.257. The van der Waals surface area contributed by atoms with Gasteiger partial charge in [-0.25, -0.2) is 0 Å². The van der Waals surface area contributed by atoms with Gasteiger partial charge in [-0.2, -0.15) is 0 Å². The molecule has 2 aliphatic heterocycles. The van der Waals surface area contributed by atoms with Crippen molar-refractivity contribution in [1.82, 2.24) is 10.2 Å². The standard InChI is InChI=1S/C16H22N2O/c1-3-5-12-8-11(4-2)9-13-14-10-17-6-7-18(14)16(19)15(12)13/h8-9,14,17H,3-7,10H2,1-2H3/t14-/m1/s1. The van der Waals surface area contributed by atoms with Crippen LogP contribution in [0.15, 0.2) is 12.1 Å². The minimum atomic E-state index is 0.257. The van der Waals surface area contributed by atoms with Gasteiger partial charge in [-0.15, -0.1) is 0 Å². The molecule has 0 bridgehead atoms. The molecule has 1 fully saturated rings. The predicted molar refractivity (Wildman–Crippen MR) is 76.5 cm³/mol. The molecular weight excluding hydrogens is 236 g/mol. The lowest BCUT2D eigenvalue weighted by molar-refractivity contribution is 0.0690. The summed E-state index contributed by atoms with van der Waals surface area (Å²) >= 11 is 0. The Morgan fingerprint density at radius 3 is 2.95 bits per heavy atom. The minimum Gasteiger partial charge on any atom is -0.329 e. The van der Waals surface area contributed by atoms with Gasteiger partial charge in [-0.1, -0.05) is 32.4 Å². The molecule has 102 valence electrons. The number of rotatable bonds is 3. The maximum Gasteiger partial charge on any atom is 0.255 e. The van der Waals surface area contributed by atoms with Gasteiger partial charge >= 0.3 is 0 Å². The van der Waals surface area contributed by atoms with Gasteiger partial charge in [-0.05, 0) is 29.5 Å². The Balaban J connectivity index is 2.11. The normalized spacial score (nSPS) is 21.5. The fourth-order valence-electron chi connectivity index (χ4n) is 3.36. The van der Waals surface area contributed by atoms with E-state index in [1.807, 2.05) is 0 Å². The maximum absolute atomic E-state index is 12.6. The third-order valence-electron chi connectivity index (χ3n) is 4.32. The summed E-state index contributed by atoms with van der Waals surface area (Å²) in [5, 5.41) is 3.41. The van der Waals surface area contributed by atoms with Gasteiger partial charge in [0.2, 0.25) is 0 Å². The number of carbonyl (C=O) groups is 1. The van der Waals surface area contributed by atoms with Crippen LogP contribution in [0.3, 0.4) is 0 Å². The molecule has 0 unspecified atom stereocenters. The van der Waals surface area contributed by atoms with E-state index < -0.39 is 0 Å². The molecule has 1 saturated heterocycles. The largest absolute Gasteiger partial charge is 0.329 e. The SMILES string of the molecule is CCCc1cc(CC)cc2c1C(=O)N1CCNC[C@H]21. The first-order chi connectivity index (χ1) is 9.26. The van der Waals surface area contributed by atoms with Crippen LogP contribution in [-0.2, 0) is 12.8 Å². The number of nitrogens with one attached hydrogen (secondary N) is 1. The lowest BCUT2D eigenvalue weighted by atomic mass is 9.93. The third-order valence-corrected chi connectivity index (χ3v) is 4.32. The van der Waals surface area contributed by atoms with E-state index in [2.05, 4.69) is 36.2 Å². The Hall–Kier alpha value is -1.35. The molecule has 0 aliphatic carbocycles. The number of piperazine rings is 1. The van der Waals surface area contributed by atoms with Gasteiger partial charge in [0.25, 0.3) is 5.91 Å². The number of nitrogens with zero attached hydrogens (tertiary/aromatic N) is 1. The van der Waals surface area contributed by atoms with Crippen LogP contribution in [0.1, 0.15) is 53.4 Å². The molecule has 3 nitrogen and oxygen atoms in total. The zero-order valence-corrected chi connectivity index (χ0v) is 11.8.